The van der Waals surface area contributed by atoms with E-state index >= 15 is 0 Å². The predicted octanol–water partition coefficient (Wildman–Crippen LogP) is 3.10. The highest BCUT2D eigenvalue weighted by atomic mass is 32.2. The predicted molar refractivity (Wildman–Crippen MR) is 93.4 cm³/mol. The Kier molecular flexibility index (Phi) is 6.11. The quantitative estimate of drug-likeness (QED) is 0.778. The largest absolute Gasteiger partial charge is 0.496 e. The van der Waals surface area contributed by atoms with Crippen molar-refractivity contribution in [1.29, 1.82) is 0 Å². The van der Waals surface area contributed by atoms with Gasteiger partial charge in [-0.2, -0.15) is 13.2 Å². The molecule has 27 heavy (non-hydrogen) atoms. The lowest BCUT2D eigenvalue weighted by atomic mass is 10.1. The summed E-state index contributed by atoms with van der Waals surface area (Å²) in [6.45, 7) is 0.144. The first-order valence-electron chi connectivity index (χ1n) is 7.64. The van der Waals surface area contributed by atoms with Gasteiger partial charge < -0.3 is 10.1 Å². The topological polar surface area (TPSA) is 84.5 Å². The zero-order chi connectivity index (χ0) is 20.2. The van der Waals surface area contributed by atoms with Gasteiger partial charge in [0.25, 0.3) is 5.91 Å². The van der Waals surface area contributed by atoms with Crippen LogP contribution >= 0.6 is 0 Å². The highest BCUT2D eigenvalue weighted by Gasteiger charge is 2.30. The molecule has 0 saturated carbocycles. The molecule has 2 rings (SSSR count). The van der Waals surface area contributed by atoms with Gasteiger partial charge in [-0.1, -0.05) is 11.6 Å². The number of nitrogens with one attached hydrogen (secondary N) is 2. The van der Waals surface area contributed by atoms with Crippen molar-refractivity contribution in [1.82, 2.24) is 4.72 Å². The van der Waals surface area contributed by atoms with Crippen LogP contribution in [0.1, 0.15) is 15.9 Å². The Morgan fingerprint density at radius 3 is 2.30 bits per heavy atom. The summed E-state index contributed by atoms with van der Waals surface area (Å²) in [5, 5.41) is 2.58. The lowest BCUT2D eigenvalue weighted by Crippen LogP contribution is -2.33. The van der Waals surface area contributed by atoms with Gasteiger partial charge in [-0.15, -0.1) is 0 Å². The monoisotopic (exact) mass is 402 g/mol. The van der Waals surface area contributed by atoms with E-state index in [0.717, 1.165) is 17.7 Å². The van der Waals surface area contributed by atoms with E-state index in [0.29, 0.717) is 11.3 Å². The second kappa shape index (κ2) is 7.97. The van der Waals surface area contributed by atoms with Crippen molar-refractivity contribution in [2.24, 2.45) is 0 Å². The molecule has 10 heteroatoms. The van der Waals surface area contributed by atoms with Crippen molar-refractivity contribution in [2.75, 3.05) is 19.0 Å². The van der Waals surface area contributed by atoms with Gasteiger partial charge in [-0.25, -0.2) is 13.1 Å². The van der Waals surface area contributed by atoms with Gasteiger partial charge in [0.05, 0.1) is 17.6 Å². The van der Waals surface area contributed by atoms with Gasteiger partial charge in [-0.3, -0.25) is 4.79 Å². The van der Waals surface area contributed by atoms with E-state index in [-0.39, 0.29) is 10.6 Å². The fourth-order valence-corrected chi connectivity index (χ4v) is 3.19. The molecule has 1 amide bonds. The molecule has 0 radical (unpaired) electrons. The molecule has 2 N–H and O–H groups in total. The summed E-state index contributed by atoms with van der Waals surface area (Å²) in [5.41, 5.74) is 1.41. The molecule has 0 heterocycles. The molecule has 2 aromatic carbocycles. The number of rotatable bonds is 6. The van der Waals surface area contributed by atoms with Crippen LogP contribution in [-0.2, 0) is 10.0 Å². The van der Waals surface area contributed by atoms with E-state index in [1.165, 1.54) is 24.0 Å². The van der Waals surface area contributed by atoms with Crippen LogP contribution in [0.25, 0.3) is 0 Å². The van der Waals surface area contributed by atoms with Gasteiger partial charge in [-0.05, 0) is 43.3 Å². The Hall–Kier alpha value is -2.59. The van der Waals surface area contributed by atoms with Crippen LogP contribution in [-0.4, -0.2) is 34.2 Å². The summed E-state index contributed by atoms with van der Waals surface area (Å²) in [7, 11) is -2.88. The SMILES string of the molecule is COc1ccc(C)cc1C(=O)Nc1ccc(S(=O)(=O)NCC(F)(F)F)cc1. The number of sulfonamides is 1. The third-order valence-electron chi connectivity index (χ3n) is 3.48. The summed E-state index contributed by atoms with van der Waals surface area (Å²) in [5.74, 6) is -0.102. The third kappa shape index (κ3) is 5.69. The molecule has 0 unspecified atom stereocenters. The molecule has 2 aromatic rings. The highest BCUT2D eigenvalue weighted by Crippen LogP contribution is 2.22. The zero-order valence-corrected chi connectivity index (χ0v) is 15.2. The summed E-state index contributed by atoms with van der Waals surface area (Å²) >= 11 is 0. The van der Waals surface area contributed by atoms with E-state index < -0.39 is 28.7 Å². The first kappa shape index (κ1) is 20.7. The first-order valence-corrected chi connectivity index (χ1v) is 9.12. The number of alkyl halides is 3. The number of hydrogen-bond acceptors (Lipinski definition) is 4. The summed E-state index contributed by atoms with van der Waals surface area (Å²) < 4.78 is 66.8. The average Bonchev–Trinajstić information content (AvgIpc) is 2.60. The molecular weight excluding hydrogens is 385 g/mol. The van der Waals surface area contributed by atoms with Crippen molar-refractivity contribution in [3.05, 3.63) is 53.6 Å². The maximum Gasteiger partial charge on any atom is 0.402 e. The van der Waals surface area contributed by atoms with Gasteiger partial charge in [0, 0.05) is 5.69 Å². The minimum absolute atomic E-state index is 0.276. The summed E-state index contributed by atoms with van der Waals surface area (Å²) in [6, 6.07) is 9.82. The lowest BCUT2D eigenvalue weighted by Gasteiger charge is -2.11. The van der Waals surface area contributed by atoms with Crippen LogP contribution in [0.15, 0.2) is 47.4 Å². The van der Waals surface area contributed by atoms with E-state index in [9.17, 15) is 26.4 Å². The second-order valence-electron chi connectivity index (χ2n) is 5.62. The van der Waals surface area contributed by atoms with Crippen LogP contribution in [0.5, 0.6) is 5.75 Å². The van der Waals surface area contributed by atoms with Crippen molar-refractivity contribution in [3.63, 3.8) is 0 Å². The normalized spacial score (nSPS) is 11.9. The standard InChI is InChI=1S/C17H17F3N2O4S/c1-11-3-8-15(26-2)14(9-11)16(23)22-12-4-6-13(7-5-12)27(24,25)21-10-17(18,19)20/h3-9,21H,10H2,1-2H3,(H,22,23). The number of halogens is 3. The molecule has 0 aromatic heterocycles. The smallest absolute Gasteiger partial charge is 0.402 e. The van der Waals surface area contributed by atoms with Crippen molar-refractivity contribution < 1.29 is 31.1 Å². The average molecular weight is 402 g/mol. The van der Waals surface area contributed by atoms with Gasteiger partial charge in [0.15, 0.2) is 0 Å². The van der Waals surface area contributed by atoms with Gasteiger partial charge >= 0.3 is 6.18 Å². The number of anilines is 1. The molecule has 0 fully saturated rings. The maximum atomic E-state index is 12.4. The van der Waals surface area contributed by atoms with Crippen molar-refractivity contribution in [3.8, 4) is 5.75 Å². The lowest BCUT2D eigenvalue weighted by molar-refractivity contribution is -0.121. The number of carbonyl (C=O) groups is 1. The zero-order valence-electron chi connectivity index (χ0n) is 14.4. The molecule has 146 valence electrons. The molecule has 0 spiro atoms. The Morgan fingerprint density at radius 1 is 1.11 bits per heavy atom. The molecule has 0 atom stereocenters. The Morgan fingerprint density at radius 2 is 1.74 bits per heavy atom. The van der Waals surface area contributed by atoms with Crippen LogP contribution in [0, 0.1) is 6.92 Å². The number of ether oxygens (including phenoxy) is 1. The van der Waals surface area contributed by atoms with Crippen LogP contribution in [0.2, 0.25) is 0 Å². The van der Waals surface area contributed by atoms with Gasteiger partial charge in [0.1, 0.15) is 12.3 Å². The van der Waals surface area contributed by atoms with E-state index in [4.69, 9.17) is 4.74 Å². The molecule has 6 nitrogen and oxygen atoms in total. The highest BCUT2D eigenvalue weighted by molar-refractivity contribution is 7.89. The number of benzene rings is 2. The van der Waals surface area contributed by atoms with Crippen molar-refractivity contribution in [2.45, 2.75) is 18.0 Å². The van der Waals surface area contributed by atoms with E-state index in [1.807, 2.05) is 6.92 Å². The first-order chi connectivity index (χ1) is 12.5. The second-order valence-corrected chi connectivity index (χ2v) is 7.39. The number of methoxy groups -OCH3 is 1. The van der Waals surface area contributed by atoms with Gasteiger partial charge in [0.2, 0.25) is 10.0 Å². The molecule has 0 aliphatic carbocycles. The Balaban J connectivity index is 2.14. The summed E-state index contributed by atoms with van der Waals surface area (Å²) in [4.78, 5) is 12.0. The molecule has 0 aliphatic rings. The summed E-state index contributed by atoms with van der Waals surface area (Å²) in [6.07, 6.45) is -4.66. The fourth-order valence-electron chi connectivity index (χ4n) is 2.18. The van der Waals surface area contributed by atoms with Crippen LogP contribution < -0.4 is 14.8 Å². The minimum atomic E-state index is -4.66. The fraction of sp³-hybridized carbons (Fsp3) is 0.235. The Bertz CT molecular complexity index is 926. The molecular formula is C17H17F3N2O4S. The number of hydrogen-bond donors (Lipinski definition) is 2. The van der Waals surface area contributed by atoms with Crippen molar-refractivity contribution >= 4 is 21.6 Å². The Labute approximate surface area is 154 Å². The van der Waals surface area contributed by atoms with E-state index in [2.05, 4.69) is 5.32 Å². The molecule has 0 bridgehead atoms. The van der Waals surface area contributed by atoms with Crippen LogP contribution in [0.3, 0.4) is 0 Å². The van der Waals surface area contributed by atoms with Crippen LogP contribution in [0.4, 0.5) is 18.9 Å². The third-order valence-corrected chi connectivity index (χ3v) is 4.90. The molecule has 0 aliphatic heterocycles. The number of aryl methyl sites for hydroxylation is 1. The number of amides is 1. The minimum Gasteiger partial charge on any atom is -0.496 e. The van der Waals surface area contributed by atoms with E-state index in [1.54, 1.807) is 18.2 Å². The maximum absolute atomic E-state index is 12.4. The molecule has 0 saturated heterocycles. The number of carbonyl (C=O) groups excluding carboxylic acids is 1.